The lowest BCUT2D eigenvalue weighted by molar-refractivity contribution is -0.138. The first-order valence-electron chi connectivity index (χ1n) is 5.45. The van der Waals surface area contributed by atoms with E-state index in [-0.39, 0.29) is 5.69 Å². The van der Waals surface area contributed by atoms with Crippen molar-refractivity contribution in [3.63, 3.8) is 0 Å². The molecule has 0 saturated carbocycles. The maximum Gasteiger partial charge on any atom is 0.417 e. The van der Waals surface area contributed by atoms with E-state index in [4.69, 9.17) is 15.5 Å². The fourth-order valence-corrected chi connectivity index (χ4v) is 1.63. The van der Waals surface area contributed by atoms with Crippen molar-refractivity contribution in [2.75, 3.05) is 18.0 Å². The Kier molecular flexibility index (Phi) is 4.75. The topological polar surface area (TPSA) is 102 Å². The standard InChI is InChI=1S/C12H9F3N2O4/c13-12(14,15)9-3-8(2-1-7(9)4-16)17(5-10(18)19)6-11(20)21/h1-3H,5-6H2,(H,18,19)(H,20,21). The van der Waals surface area contributed by atoms with E-state index in [2.05, 4.69) is 0 Å². The summed E-state index contributed by atoms with van der Waals surface area (Å²) in [7, 11) is 0. The van der Waals surface area contributed by atoms with E-state index in [0.29, 0.717) is 6.07 Å². The first-order valence-corrected chi connectivity index (χ1v) is 5.45. The van der Waals surface area contributed by atoms with E-state index >= 15 is 0 Å². The summed E-state index contributed by atoms with van der Waals surface area (Å²) < 4.78 is 38.4. The number of halogens is 3. The van der Waals surface area contributed by atoms with Gasteiger partial charge in [0.05, 0.1) is 17.2 Å². The second-order valence-electron chi connectivity index (χ2n) is 3.98. The van der Waals surface area contributed by atoms with Gasteiger partial charge in [0.2, 0.25) is 0 Å². The zero-order valence-electron chi connectivity index (χ0n) is 10.4. The first-order chi connectivity index (χ1) is 9.65. The van der Waals surface area contributed by atoms with Crippen LogP contribution in [0, 0.1) is 11.3 Å². The van der Waals surface area contributed by atoms with Crippen LogP contribution in [-0.4, -0.2) is 35.2 Å². The molecule has 0 fully saturated rings. The zero-order chi connectivity index (χ0) is 16.2. The van der Waals surface area contributed by atoms with Gasteiger partial charge in [-0.3, -0.25) is 9.59 Å². The van der Waals surface area contributed by atoms with Crippen molar-refractivity contribution >= 4 is 17.6 Å². The molecule has 0 aliphatic carbocycles. The highest BCUT2D eigenvalue weighted by Crippen LogP contribution is 2.34. The van der Waals surface area contributed by atoms with Crippen LogP contribution in [0.25, 0.3) is 0 Å². The van der Waals surface area contributed by atoms with E-state index in [1.807, 2.05) is 0 Å². The highest BCUT2D eigenvalue weighted by atomic mass is 19.4. The Balaban J connectivity index is 3.30. The molecule has 6 nitrogen and oxygen atoms in total. The number of carbonyl (C=O) groups is 2. The fourth-order valence-electron chi connectivity index (χ4n) is 1.63. The summed E-state index contributed by atoms with van der Waals surface area (Å²) in [5, 5.41) is 26.0. The number of rotatable bonds is 5. The summed E-state index contributed by atoms with van der Waals surface area (Å²) in [6, 6.07) is 3.88. The van der Waals surface area contributed by atoms with E-state index in [9.17, 15) is 22.8 Å². The first kappa shape index (κ1) is 16.3. The number of aliphatic carboxylic acids is 2. The largest absolute Gasteiger partial charge is 0.480 e. The minimum atomic E-state index is -4.81. The molecule has 1 aromatic rings. The van der Waals surface area contributed by atoms with Crippen LogP contribution in [0.5, 0.6) is 0 Å². The molecule has 0 saturated heterocycles. The van der Waals surface area contributed by atoms with Gasteiger partial charge < -0.3 is 15.1 Å². The van der Waals surface area contributed by atoms with Crippen molar-refractivity contribution in [3.8, 4) is 6.07 Å². The van der Waals surface area contributed by atoms with Crippen molar-refractivity contribution in [1.82, 2.24) is 0 Å². The highest BCUT2D eigenvalue weighted by Gasteiger charge is 2.34. The molecule has 0 aliphatic heterocycles. The number of benzene rings is 1. The van der Waals surface area contributed by atoms with Gasteiger partial charge in [-0.05, 0) is 18.2 Å². The number of alkyl halides is 3. The van der Waals surface area contributed by atoms with Gasteiger partial charge in [0.1, 0.15) is 13.1 Å². The molecule has 0 spiro atoms. The molecule has 9 heteroatoms. The number of anilines is 1. The van der Waals surface area contributed by atoms with Crippen LogP contribution in [0.15, 0.2) is 18.2 Å². The molecule has 0 bridgehead atoms. The van der Waals surface area contributed by atoms with Crippen LogP contribution in [0.1, 0.15) is 11.1 Å². The Morgan fingerprint density at radius 2 is 1.71 bits per heavy atom. The number of carboxylic acid groups (broad SMARTS) is 2. The Morgan fingerprint density at radius 1 is 1.19 bits per heavy atom. The molecule has 0 unspecified atom stereocenters. The summed E-state index contributed by atoms with van der Waals surface area (Å²) in [4.78, 5) is 22.1. The van der Waals surface area contributed by atoms with Gasteiger partial charge in [0.15, 0.2) is 0 Å². The summed E-state index contributed by atoms with van der Waals surface area (Å²) in [5.74, 6) is -2.79. The van der Waals surface area contributed by atoms with Crippen LogP contribution in [0.4, 0.5) is 18.9 Å². The lowest BCUT2D eigenvalue weighted by Crippen LogP contribution is -2.34. The number of carboxylic acids is 2. The average Bonchev–Trinajstić information content (AvgIpc) is 2.35. The van der Waals surface area contributed by atoms with Gasteiger partial charge in [0, 0.05) is 5.69 Å². The fraction of sp³-hybridized carbons (Fsp3) is 0.250. The summed E-state index contributed by atoms with van der Waals surface area (Å²) in [6.45, 7) is -1.56. The average molecular weight is 302 g/mol. The van der Waals surface area contributed by atoms with Crippen LogP contribution in [0.3, 0.4) is 0 Å². The molecular weight excluding hydrogens is 293 g/mol. The molecule has 0 radical (unpaired) electrons. The maximum absolute atomic E-state index is 12.8. The molecule has 1 aromatic carbocycles. The minimum Gasteiger partial charge on any atom is -0.480 e. The normalized spacial score (nSPS) is 10.8. The Morgan fingerprint density at radius 3 is 2.10 bits per heavy atom. The van der Waals surface area contributed by atoms with Gasteiger partial charge in [-0.2, -0.15) is 18.4 Å². The van der Waals surface area contributed by atoms with E-state index in [1.54, 1.807) is 0 Å². The lowest BCUT2D eigenvalue weighted by Gasteiger charge is -2.22. The monoisotopic (exact) mass is 302 g/mol. The molecule has 0 amide bonds. The smallest absolute Gasteiger partial charge is 0.417 e. The lowest BCUT2D eigenvalue weighted by atomic mass is 10.1. The second-order valence-corrected chi connectivity index (χ2v) is 3.98. The summed E-state index contributed by atoms with van der Waals surface area (Å²) >= 11 is 0. The predicted octanol–water partition coefficient (Wildman–Crippen LogP) is 1.55. The Bertz CT molecular complexity index is 592. The van der Waals surface area contributed by atoms with E-state index in [0.717, 1.165) is 17.0 Å². The molecule has 1 rings (SSSR count). The van der Waals surface area contributed by atoms with Crippen molar-refractivity contribution in [2.45, 2.75) is 6.18 Å². The third-order valence-corrected chi connectivity index (χ3v) is 2.45. The quantitative estimate of drug-likeness (QED) is 0.855. The summed E-state index contributed by atoms with van der Waals surface area (Å²) in [5.41, 5.74) is -2.12. The molecular formula is C12H9F3N2O4. The molecule has 21 heavy (non-hydrogen) atoms. The predicted molar refractivity (Wildman–Crippen MR) is 63.6 cm³/mol. The number of nitriles is 1. The molecule has 0 atom stereocenters. The Hall–Kier alpha value is -2.76. The van der Waals surface area contributed by atoms with Gasteiger partial charge in [-0.15, -0.1) is 0 Å². The van der Waals surface area contributed by atoms with Crippen molar-refractivity contribution < 1.29 is 33.0 Å². The van der Waals surface area contributed by atoms with Crippen molar-refractivity contribution in [2.24, 2.45) is 0 Å². The van der Waals surface area contributed by atoms with Crippen LogP contribution < -0.4 is 4.90 Å². The van der Waals surface area contributed by atoms with Crippen molar-refractivity contribution in [3.05, 3.63) is 29.3 Å². The van der Waals surface area contributed by atoms with Crippen LogP contribution in [-0.2, 0) is 15.8 Å². The minimum absolute atomic E-state index is 0.244. The van der Waals surface area contributed by atoms with Gasteiger partial charge >= 0.3 is 18.1 Å². The second kappa shape index (κ2) is 6.13. The van der Waals surface area contributed by atoms with E-state index < -0.39 is 42.3 Å². The number of nitrogens with zero attached hydrogens (tertiary/aromatic N) is 2. The van der Waals surface area contributed by atoms with Crippen LogP contribution >= 0.6 is 0 Å². The number of hydrogen-bond acceptors (Lipinski definition) is 4. The molecule has 0 aliphatic rings. The van der Waals surface area contributed by atoms with Gasteiger partial charge in [0.25, 0.3) is 0 Å². The van der Waals surface area contributed by atoms with Crippen LogP contribution in [0.2, 0.25) is 0 Å². The van der Waals surface area contributed by atoms with Gasteiger partial charge in [-0.1, -0.05) is 0 Å². The third-order valence-electron chi connectivity index (χ3n) is 2.45. The Labute approximate surface area is 116 Å². The maximum atomic E-state index is 12.8. The molecule has 0 heterocycles. The van der Waals surface area contributed by atoms with Crippen molar-refractivity contribution in [1.29, 1.82) is 5.26 Å². The molecule has 112 valence electrons. The zero-order valence-corrected chi connectivity index (χ0v) is 10.4. The van der Waals surface area contributed by atoms with E-state index in [1.165, 1.54) is 6.07 Å². The molecule has 0 aromatic heterocycles. The SMILES string of the molecule is N#Cc1ccc(N(CC(=O)O)CC(=O)O)cc1C(F)(F)F. The third kappa shape index (κ3) is 4.38. The van der Waals surface area contributed by atoms with Gasteiger partial charge in [-0.25, -0.2) is 0 Å². The molecule has 2 N–H and O–H groups in total. The number of hydrogen-bond donors (Lipinski definition) is 2. The summed E-state index contributed by atoms with van der Waals surface area (Å²) in [6.07, 6.45) is -4.81. The highest BCUT2D eigenvalue weighted by molar-refractivity contribution is 5.79.